The number of piperidine rings is 1. The minimum absolute atomic E-state index is 0. The molecule has 6 nitrogen and oxygen atoms in total. The predicted molar refractivity (Wildman–Crippen MR) is 130 cm³/mol. The average Bonchev–Trinajstić information content (AvgIpc) is 3.27. The summed E-state index contributed by atoms with van der Waals surface area (Å²) in [5, 5.41) is 6.38. The van der Waals surface area contributed by atoms with E-state index in [2.05, 4.69) is 55.8 Å². The fourth-order valence-corrected chi connectivity index (χ4v) is 4.42. The third kappa shape index (κ3) is 6.84. The SMILES string of the molecule is CN=C(NCC(c1ccccc1)N1CCCC1)N1CCC(CC(=O)NC)CC1.I. The monoisotopic (exact) mass is 513 g/mol. The van der Waals surface area contributed by atoms with Crippen molar-refractivity contribution in [3.8, 4) is 0 Å². The van der Waals surface area contributed by atoms with Gasteiger partial charge in [-0.25, -0.2) is 0 Å². The highest BCUT2D eigenvalue weighted by atomic mass is 127. The first-order valence-corrected chi connectivity index (χ1v) is 10.7. The van der Waals surface area contributed by atoms with Gasteiger partial charge in [-0.1, -0.05) is 30.3 Å². The largest absolute Gasteiger partial charge is 0.359 e. The lowest BCUT2D eigenvalue weighted by molar-refractivity contribution is -0.121. The van der Waals surface area contributed by atoms with Crippen molar-refractivity contribution in [1.29, 1.82) is 0 Å². The molecule has 1 amide bonds. The van der Waals surface area contributed by atoms with E-state index in [9.17, 15) is 4.79 Å². The van der Waals surface area contributed by atoms with Gasteiger partial charge in [0, 0.05) is 40.2 Å². The molecule has 2 aliphatic heterocycles. The van der Waals surface area contributed by atoms with Crippen LogP contribution in [0.15, 0.2) is 35.3 Å². The van der Waals surface area contributed by atoms with Crippen LogP contribution in [0.3, 0.4) is 0 Å². The van der Waals surface area contributed by atoms with E-state index in [1.165, 1.54) is 31.5 Å². The lowest BCUT2D eigenvalue weighted by Crippen LogP contribution is -2.48. The maximum Gasteiger partial charge on any atom is 0.220 e. The standard InChI is InChI=1S/C22H35N5O.HI/c1-23-21(28)16-18-10-14-27(15-11-18)22(24-2)25-17-20(26-12-6-7-13-26)19-8-4-3-5-9-19;/h3-5,8-9,18,20H,6-7,10-17H2,1-2H3,(H,23,28)(H,24,25);1H. The predicted octanol–water partition coefficient (Wildman–Crippen LogP) is 2.87. The zero-order valence-corrected chi connectivity index (χ0v) is 20.1. The quantitative estimate of drug-likeness (QED) is 0.349. The van der Waals surface area contributed by atoms with E-state index in [1.54, 1.807) is 7.05 Å². The van der Waals surface area contributed by atoms with Gasteiger partial charge in [0.2, 0.25) is 5.91 Å². The second-order valence-electron chi connectivity index (χ2n) is 7.91. The summed E-state index contributed by atoms with van der Waals surface area (Å²) >= 11 is 0. The second kappa shape index (κ2) is 12.4. The summed E-state index contributed by atoms with van der Waals surface area (Å²) < 4.78 is 0. The van der Waals surface area contributed by atoms with Crippen LogP contribution in [0.2, 0.25) is 0 Å². The molecule has 2 heterocycles. The van der Waals surface area contributed by atoms with E-state index in [1.807, 2.05) is 7.05 Å². The van der Waals surface area contributed by atoms with Crippen LogP contribution < -0.4 is 10.6 Å². The highest BCUT2D eigenvalue weighted by Gasteiger charge is 2.26. The van der Waals surface area contributed by atoms with Crippen LogP contribution in [0.4, 0.5) is 0 Å². The van der Waals surface area contributed by atoms with Gasteiger partial charge in [0.1, 0.15) is 0 Å². The molecule has 7 heteroatoms. The number of nitrogens with one attached hydrogen (secondary N) is 2. The van der Waals surface area contributed by atoms with Crippen molar-refractivity contribution in [1.82, 2.24) is 20.4 Å². The third-order valence-electron chi connectivity index (χ3n) is 6.10. The topological polar surface area (TPSA) is 60.0 Å². The third-order valence-corrected chi connectivity index (χ3v) is 6.10. The Morgan fingerprint density at radius 2 is 1.79 bits per heavy atom. The maximum atomic E-state index is 11.6. The Kier molecular flexibility index (Phi) is 10.2. The number of carbonyl (C=O) groups is 1. The number of halogens is 1. The zero-order chi connectivity index (χ0) is 19.8. The normalized spacial score (nSPS) is 19.5. The zero-order valence-electron chi connectivity index (χ0n) is 17.8. The molecule has 2 fully saturated rings. The Bertz CT molecular complexity index is 640. The van der Waals surface area contributed by atoms with Gasteiger partial charge in [0.05, 0.1) is 6.04 Å². The molecule has 1 aromatic rings. The molecule has 0 aromatic heterocycles. The van der Waals surface area contributed by atoms with Crippen LogP contribution in [0.25, 0.3) is 0 Å². The molecule has 2 N–H and O–H groups in total. The summed E-state index contributed by atoms with van der Waals surface area (Å²) in [4.78, 5) is 21.1. The number of nitrogens with zero attached hydrogens (tertiary/aromatic N) is 3. The summed E-state index contributed by atoms with van der Waals surface area (Å²) in [7, 11) is 3.58. The molecule has 1 aromatic carbocycles. The molecule has 0 spiro atoms. The van der Waals surface area contributed by atoms with Crippen molar-refractivity contribution >= 4 is 35.8 Å². The van der Waals surface area contributed by atoms with E-state index in [-0.39, 0.29) is 29.9 Å². The van der Waals surface area contributed by atoms with Crippen LogP contribution in [0.5, 0.6) is 0 Å². The smallest absolute Gasteiger partial charge is 0.220 e. The van der Waals surface area contributed by atoms with Crippen molar-refractivity contribution < 1.29 is 4.79 Å². The van der Waals surface area contributed by atoms with Gasteiger partial charge in [-0.3, -0.25) is 14.7 Å². The molecular weight excluding hydrogens is 477 g/mol. The van der Waals surface area contributed by atoms with Crippen molar-refractivity contribution in [2.24, 2.45) is 10.9 Å². The van der Waals surface area contributed by atoms with Gasteiger partial charge >= 0.3 is 0 Å². The van der Waals surface area contributed by atoms with Crippen LogP contribution in [0, 0.1) is 5.92 Å². The van der Waals surface area contributed by atoms with Crippen molar-refractivity contribution in [2.45, 2.75) is 38.1 Å². The first kappa shape index (κ1) is 23.9. The molecule has 1 unspecified atom stereocenters. The first-order valence-electron chi connectivity index (χ1n) is 10.7. The van der Waals surface area contributed by atoms with E-state index in [0.29, 0.717) is 18.4 Å². The fraction of sp³-hybridized carbons (Fsp3) is 0.636. The highest BCUT2D eigenvalue weighted by Crippen LogP contribution is 2.25. The van der Waals surface area contributed by atoms with Crippen molar-refractivity contribution in [2.75, 3.05) is 46.8 Å². The highest BCUT2D eigenvalue weighted by molar-refractivity contribution is 14.0. The fourth-order valence-electron chi connectivity index (χ4n) is 4.42. The molecular formula is C22H36IN5O. The molecule has 0 aliphatic carbocycles. The number of amides is 1. The van der Waals surface area contributed by atoms with Gasteiger partial charge in [-0.05, 0) is 50.3 Å². The minimum atomic E-state index is 0. The van der Waals surface area contributed by atoms with Gasteiger partial charge in [0.15, 0.2) is 5.96 Å². The lowest BCUT2D eigenvalue weighted by atomic mass is 9.93. The van der Waals surface area contributed by atoms with Gasteiger partial charge < -0.3 is 15.5 Å². The Labute approximate surface area is 192 Å². The van der Waals surface area contributed by atoms with Crippen molar-refractivity contribution in [3.63, 3.8) is 0 Å². The van der Waals surface area contributed by atoms with Gasteiger partial charge in [-0.15, -0.1) is 24.0 Å². The minimum Gasteiger partial charge on any atom is -0.359 e. The Hall–Kier alpha value is -1.35. The Balaban J connectivity index is 0.00000300. The Morgan fingerprint density at radius 1 is 1.14 bits per heavy atom. The maximum absolute atomic E-state index is 11.6. The summed E-state index contributed by atoms with van der Waals surface area (Å²) in [5.41, 5.74) is 1.37. The Morgan fingerprint density at radius 3 is 2.38 bits per heavy atom. The molecule has 29 heavy (non-hydrogen) atoms. The van der Waals surface area contributed by atoms with Crippen LogP contribution in [-0.2, 0) is 4.79 Å². The number of benzene rings is 1. The summed E-state index contributed by atoms with van der Waals surface area (Å²) in [6.07, 6.45) is 5.31. The number of hydrogen-bond donors (Lipinski definition) is 2. The molecule has 3 rings (SSSR count). The molecule has 2 saturated heterocycles. The van der Waals surface area contributed by atoms with Crippen LogP contribution in [-0.4, -0.2) is 68.5 Å². The first-order chi connectivity index (χ1) is 13.7. The van der Waals surface area contributed by atoms with Gasteiger partial charge in [0.25, 0.3) is 0 Å². The average molecular weight is 513 g/mol. The number of carbonyl (C=O) groups excluding carboxylic acids is 1. The van der Waals surface area contributed by atoms with E-state index in [4.69, 9.17) is 0 Å². The number of likely N-dealkylation sites (tertiary alicyclic amines) is 2. The van der Waals surface area contributed by atoms with Gasteiger partial charge in [-0.2, -0.15) is 0 Å². The van der Waals surface area contributed by atoms with Crippen molar-refractivity contribution in [3.05, 3.63) is 35.9 Å². The summed E-state index contributed by atoms with van der Waals surface area (Å²) in [6.45, 7) is 5.13. The molecule has 0 bridgehead atoms. The van der Waals surface area contributed by atoms with Crippen LogP contribution >= 0.6 is 24.0 Å². The van der Waals surface area contributed by atoms with E-state index < -0.39 is 0 Å². The second-order valence-corrected chi connectivity index (χ2v) is 7.91. The number of guanidine groups is 1. The number of aliphatic imine (C=N–C) groups is 1. The summed E-state index contributed by atoms with van der Waals surface area (Å²) in [6, 6.07) is 11.2. The van der Waals surface area contributed by atoms with E-state index in [0.717, 1.165) is 38.4 Å². The van der Waals surface area contributed by atoms with Crippen LogP contribution in [0.1, 0.15) is 43.7 Å². The molecule has 2 aliphatic rings. The molecule has 1 atom stereocenters. The van der Waals surface area contributed by atoms with E-state index >= 15 is 0 Å². The molecule has 0 saturated carbocycles. The number of hydrogen-bond acceptors (Lipinski definition) is 3. The molecule has 162 valence electrons. The molecule has 0 radical (unpaired) electrons. The summed E-state index contributed by atoms with van der Waals surface area (Å²) in [5.74, 6) is 1.62. The lowest BCUT2D eigenvalue weighted by Gasteiger charge is -2.35. The number of rotatable bonds is 6.